The molecule has 0 spiro atoms. The molecule has 0 aromatic rings. The lowest BCUT2D eigenvalue weighted by molar-refractivity contribution is -0.122. The molecule has 19 heavy (non-hydrogen) atoms. The van der Waals surface area contributed by atoms with E-state index in [1.807, 2.05) is 0 Å². The van der Waals surface area contributed by atoms with Crippen molar-refractivity contribution in [3.8, 4) is 0 Å². The van der Waals surface area contributed by atoms with E-state index in [9.17, 15) is 14.5 Å². The van der Waals surface area contributed by atoms with Crippen LogP contribution in [0.3, 0.4) is 0 Å². The fraction of sp³-hybridized carbons (Fsp3) is 0.800. The molecule has 0 aliphatic rings. The number of carbonyl (C=O) groups is 2. The summed E-state index contributed by atoms with van der Waals surface area (Å²) in [5.74, 6) is -0.302. The SMILES string of the molecule is C[C@H](NC(=O)N(CCCl)N=O)C(=O)NCCCCO. The zero-order chi connectivity index (χ0) is 14.7. The van der Waals surface area contributed by atoms with E-state index < -0.39 is 12.1 Å². The van der Waals surface area contributed by atoms with E-state index in [4.69, 9.17) is 16.7 Å². The smallest absolute Gasteiger partial charge is 0.341 e. The van der Waals surface area contributed by atoms with Crippen molar-refractivity contribution in [1.29, 1.82) is 0 Å². The Labute approximate surface area is 116 Å². The van der Waals surface area contributed by atoms with Gasteiger partial charge in [0.25, 0.3) is 0 Å². The molecule has 3 N–H and O–H groups in total. The number of nitroso groups, excluding NO2 is 1. The summed E-state index contributed by atoms with van der Waals surface area (Å²) in [7, 11) is 0. The largest absolute Gasteiger partial charge is 0.396 e. The van der Waals surface area contributed by atoms with Gasteiger partial charge in [0.1, 0.15) is 6.04 Å². The molecule has 0 bridgehead atoms. The molecular weight excluding hydrogens is 276 g/mol. The molecule has 110 valence electrons. The number of aliphatic hydroxyl groups excluding tert-OH is 1. The summed E-state index contributed by atoms with van der Waals surface area (Å²) < 4.78 is 0. The van der Waals surface area contributed by atoms with Crippen molar-refractivity contribution in [2.24, 2.45) is 5.29 Å². The summed E-state index contributed by atoms with van der Waals surface area (Å²) >= 11 is 5.40. The number of nitrogens with zero attached hydrogens (tertiary/aromatic N) is 2. The fourth-order valence-corrected chi connectivity index (χ4v) is 1.35. The summed E-state index contributed by atoms with van der Waals surface area (Å²) in [5, 5.41) is 16.6. The number of hydrogen-bond donors (Lipinski definition) is 3. The van der Waals surface area contributed by atoms with Crippen molar-refractivity contribution >= 4 is 23.5 Å². The lowest BCUT2D eigenvalue weighted by Gasteiger charge is -2.17. The summed E-state index contributed by atoms with van der Waals surface area (Å²) in [6.45, 7) is 1.95. The number of unbranched alkanes of at least 4 members (excludes halogenated alkanes) is 1. The van der Waals surface area contributed by atoms with Crippen molar-refractivity contribution in [2.45, 2.75) is 25.8 Å². The number of hydrogen-bond acceptors (Lipinski definition) is 5. The number of amides is 3. The van der Waals surface area contributed by atoms with Crippen LogP contribution >= 0.6 is 11.6 Å². The molecule has 0 saturated carbocycles. The number of nitrogens with one attached hydrogen (secondary N) is 2. The Bertz CT molecular complexity index is 303. The van der Waals surface area contributed by atoms with Crippen molar-refractivity contribution < 1.29 is 14.7 Å². The highest BCUT2D eigenvalue weighted by atomic mass is 35.5. The van der Waals surface area contributed by atoms with Crippen LogP contribution in [0.5, 0.6) is 0 Å². The molecule has 0 heterocycles. The minimum Gasteiger partial charge on any atom is -0.396 e. The molecule has 0 saturated heterocycles. The number of rotatable bonds is 9. The molecular formula is C10H19ClN4O4. The van der Waals surface area contributed by atoms with Crippen LogP contribution in [0, 0.1) is 4.91 Å². The average molecular weight is 295 g/mol. The van der Waals surface area contributed by atoms with Crippen LogP contribution in [0.4, 0.5) is 4.79 Å². The third-order valence-corrected chi connectivity index (χ3v) is 2.42. The second kappa shape index (κ2) is 10.5. The van der Waals surface area contributed by atoms with Crippen molar-refractivity contribution in [3.63, 3.8) is 0 Å². The molecule has 0 aromatic carbocycles. The van der Waals surface area contributed by atoms with Crippen LogP contribution in [0.2, 0.25) is 0 Å². The molecule has 0 unspecified atom stereocenters. The second-order valence-corrected chi connectivity index (χ2v) is 4.16. The molecule has 0 aromatic heterocycles. The van der Waals surface area contributed by atoms with Crippen molar-refractivity contribution in [1.82, 2.24) is 15.6 Å². The lowest BCUT2D eigenvalue weighted by atomic mass is 10.3. The highest BCUT2D eigenvalue weighted by Gasteiger charge is 2.19. The monoisotopic (exact) mass is 294 g/mol. The maximum atomic E-state index is 11.6. The Morgan fingerprint density at radius 2 is 2.11 bits per heavy atom. The first-order chi connectivity index (χ1) is 9.06. The Morgan fingerprint density at radius 3 is 2.63 bits per heavy atom. The van der Waals surface area contributed by atoms with Gasteiger partial charge >= 0.3 is 6.03 Å². The van der Waals surface area contributed by atoms with Crippen LogP contribution in [0.1, 0.15) is 19.8 Å². The van der Waals surface area contributed by atoms with Gasteiger partial charge in [0, 0.05) is 19.0 Å². The van der Waals surface area contributed by atoms with E-state index in [0.29, 0.717) is 24.4 Å². The lowest BCUT2D eigenvalue weighted by Crippen LogP contribution is -2.49. The third-order valence-electron chi connectivity index (χ3n) is 2.25. The molecule has 3 amide bonds. The molecule has 9 heteroatoms. The second-order valence-electron chi connectivity index (χ2n) is 3.79. The van der Waals surface area contributed by atoms with E-state index in [0.717, 1.165) is 0 Å². The molecule has 1 atom stereocenters. The number of halogens is 1. The highest BCUT2D eigenvalue weighted by molar-refractivity contribution is 6.18. The van der Waals surface area contributed by atoms with E-state index in [1.165, 1.54) is 6.92 Å². The Morgan fingerprint density at radius 1 is 1.42 bits per heavy atom. The van der Waals surface area contributed by atoms with E-state index in [1.54, 1.807) is 0 Å². The molecule has 8 nitrogen and oxygen atoms in total. The van der Waals surface area contributed by atoms with Gasteiger partial charge in [-0.2, -0.15) is 5.01 Å². The minimum absolute atomic E-state index is 0.0261. The minimum atomic E-state index is -0.791. The molecule has 0 fully saturated rings. The molecule has 0 radical (unpaired) electrons. The highest BCUT2D eigenvalue weighted by Crippen LogP contribution is 1.94. The molecule has 0 rings (SSSR count). The standard InChI is InChI=1S/C10H19ClN4O4/c1-8(9(17)12-5-2-3-7-16)13-10(18)15(14-19)6-4-11/h8,16H,2-7H2,1H3,(H,12,17)(H,13,18)/t8-/m0/s1. The Hall–Kier alpha value is -1.41. The third kappa shape index (κ3) is 7.58. The first kappa shape index (κ1) is 17.6. The van der Waals surface area contributed by atoms with Gasteiger partial charge in [-0.1, -0.05) is 0 Å². The van der Waals surface area contributed by atoms with Crippen LogP contribution in [-0.4, -0.2) is 53.7 Å². The van der Waals surface area contributed by atoms with E-state index >= 15 is 0 Å². The van der Waals surface area contributed by atoms with Gasteiger partial charge < -0.3 is 15.7 Å². The van der Waals surface area contributed by atoms with Crippen molar-refractivity contribution in [2.75, 3.05) is 25.6 Å². The Balaban J connectivity index is 4.05. The van der Waals surface area contributed by atoms with E-state index in [-0.39, 0.29) is 24.9 Å². The van der Waals surface area contributed by atoms with Crippen LogP contribution in [0.25, 0.3) is 0 Å². The molecule has 0 aliphatic carbocycles. The summed E-state index contributed by atoms with van der Waals surface area (Å²) in [6.07, 6.45) is 1.25. The van der Waals surface area contributed by atoms with Gasteiger partial charge in [0.05, 0.1) is 11.8 Å². The maximum Gasteiger partial charge on any atom is 0.341 e. The van der Waals surface area contributed by atoms with Crippen LogP contribution in [0.15, 0.2) is 5.29 Å². The van der Waals surface area contributed by atoms with Crippen molar-refractivity contribution in [3.05, 3.63) is 4.91 Å². The van der Waals surface area contributed by atoms with Gasteiger partial charge in [-0.15, -0.1) is 16.5 Å². The van der Waals surface area contributed by atoms with E-state index in [2.05, 4.69) is 15.9 Å². The number of alkyl halides is 1. The summed E-state index contributed by atoms with van der Waals surface area (Å²) in [4.78, 5) is 33.4. The first-order valence-electron chi connectivity index (χ1n) is 5.92. The first-order valence-corrected chi connectivity index (χ1v) is 6.46. The predicted octanol–water partition coefficient (Wildman–Crippen LogP) is 0.195. The topological polar surface area (TPSA) is 111 Å². The number of urea groups is 1. The van der Waals surface area contributed by atoms with Gasteiger partial charge in [-0.25, -0.2) is 4.79 Å². The van der Waals surface area contributed by atoms with Crippen LogP contribution in [-0.2, 0) is 4.79 Å². The van der Waals surface area contributed by atoms with Gasteiger partial charge in [0.15, 0.2) is 0 Å². The normalized spacial score (nSPS) is 11.5. The zero-order valence-corrected chi connectivity index (χ0v) is 11.5. The maximum absolute atomic E-state index is 11.6. The average Bonchev–Trinajstić information content (AvgIpc) is 2.40. The Kier molecular flexibility index (Phi) is 9.73. The number of carbonyl (C=O) groups excluding carboxylic acids is 2. The van der Waals surface area contributed by atoms with Crippen LogP contribution < -0.4 is 10.6 Å². The van der Waals surface area contributed by atoms with Gasteiger partial charge in [-0.05, 0) is 19.8 Å². The summed E-state index contributed by atoms with van der Waals surface area (Å²) in [6, 6.07) is -1.56. The predicted molar refractivity (Wildman–Crippen MR) is 70.5 cm³/mol. The fourth-order valence-electron chi connectivity index (χ4n) is 1.19. The summed E-state index contributed by atoms with van der Waals surface area (Å²) in [5.41, 5.74) is 0. The van der Waals surface area contributed by atoms with Gasteiger partial charge in [0.2, 0.25) is 5.91 Å². The zero-order valence-electron chi connectivity index (χ0n) is 10.8. The number of aliphatic hydroxyl groups is 1. The quantitative estimate of drug-likeness (QED) is 0.244. The molecule has 0 aliphatic heterocycles. The van der Waals surface area contributed by atoms with Gasteiger partial charge in [-0.3, -0.25) is 4.79 Å².